The minimum Gasteiger partial charge on any atom is -0.469 e. The Labute approximate surface area is 176 Å². The van der Waals surface area contributed by atoms with Crippen molar-refractivity contribution in [2.45, 2.75) is 19.4 Å². The van der Waals surface area contributed by atoms with Gasteiger partial charge in [0.25, 0.3) is 0 Å². The van der Waals surface area contributed by atoms with E-state index in [4.69, 9.17) is 18.9 Å². The Balaban J connectivity index is 1.33. The number of cyclic esters (lactones) is 1. The maximum absolute atomic E-state index is 11.7. The van der Waals surface area contributed by atoms with Crippen LogP contribution in [0.2, 0.25) is 0 Å². The SMILES string of the molecule is O=C1OCCN1c1ccc(CN=C(NCCc2ccco2)NCC2CCOC2)cc1. The van der Waals surface area contributed by atoms with Gasteiger partial charge in [-0.3, -0.25) is 4.90 Å². The Morgan fingerprint density at radius 3 is 2.77 bits per heavy atom. The third-order valence-electron chi connectivity index (χ3n) is 5.25. The first-order valence-corrected chi connectivity index (χ1v) is 10.4. The molecular formula is C22H28N4O4. The van der Waals surface area contributed by atoms with Gasteiger partial charge in [-0.15, -0.1) is 0 Å². The van der Waals surface area contributed by atoms with Gasteiger partial charge in [0.15, 0.2) is 5.96 Å². The van der Waals surface area contributed by atoms with Crippen LogP contribution in [0.3, 0.4) is 0 Å². The molecule has 2 saturated heterocycles. The van der Waals surface area contributed by atoms with Crippen LogP contribution in [0.1, 0.15) is 17.7 Å². The summed E-state index contributed by atoms with van der Waals surface area (Å²) in [7, 11) is 0. The fourth-order valence-electron chi connectivity index (χ4n) is 3.50. The summed E-state index contributed by atoms with van der Waals surface area (Å²) in [5.41, 5.74) is 1.92. The Morgan fingerprint density at radius 2 is 2.07 bits per heavy atom. The normalized spacial score (nSPS) is 19.2. The number of furan rings is 1. The standard InChI is InChI=1S/C22H28N4O4/c27-22-26(10-13-30-22)19-5-3-17(4-6-19)14-24-21(25-15-18-8-12-28-16-18)23-9-7-20-2-1-11-29-20/h1-6,11,18H,7-10,12-16H2,(H2,23,24,25). The molecule has 8 nitrogen and oxygen atoms in total. The van der Waals surface area contributed by atoms with Gasteiger partial charge in [0, 0.05) is 37.7 Å². The maximum Gasteiger partial charge on any atom is 0.414 e. The predicted molar refractivity (Wildman–Crippen MR) is 114 cm³/mol. The van der Waals surface area contributed by atoms with E-state index < -0.39 is 0 Å². The van der Waals surface area contributed by atoms with Crippen molar-refractivity contribution in [2.24, 2.45) is 10.9 Å². The molecule has 3 heterocycles. The van der Waals surface area contributed by atoms with Crippen LogP contribution >= 0.6 is 0 Å². The average Bonchev–Trinajstić information content (AvgIpc) is 3.53. The van der Waals surface area contributed by atoms with Gasteiger partial charge in [-0.1, -0.05) is 12.1 Å². The van der Waals surface area contributed by atoms with Crippen LogP contribution in [0, 0.1) is 5.92 Å². The topological polar surface area (TPSA) is 88.3 Å². The van der Waals surface area contributed by atoms with Crippen molar-refractivity contribution in [1.29, 1.82) is 0 Å². The third kappa shape index (κ3) is 5.54. The molecule has 2 aromatic rings. The Hall–Kier alpha value is -3.00. The predicted octanol–water partition coefficient (Wildman–Crippen LogP) is 2.55. The Kier molecular flexibility index (Phi) is 6.87. The highest BCUT2D eigenvalue weighted by Gasteiger charge is 2.23. The quantitative estimate of drug-likeness (QED) is 0.512. The Morgan fingerprint density at radius 1 is 1.17 bits per heavy atom. The summed E-state index contributed by atoms with van der Waals surface area (Å²) in [5, 5.41) is 6.82. The number of benzene rings is 1. The lowest BCUT2D eigenvalue weighted by Gasteiger charge is -2.15. The molecule has 2 aliphatic heterocycles. The van der Waals surface area contributed by atoms with Crippen molar-refractivity contribution in [2.75, 3.05) is 44.4 Å². The van der Waals surface area contributed by atoms with Gasteiger partial charge >= 0.3 is 6.09 Å². The van der Waals surface area contributed by atoms with Gasteiger partial charge in [0.2, 0.25) is 0 Å². The lowest BCUT2D eigenvalue weighted by Crippen LogP contribution is -2.40. The van der Waals surface area contributed by atoms with Crippen molar-refractivity contribution in [3.05, 3.63) is 54.0 Å². The lowest BCUT2D eigenvalue weighted by molar-refractivity contribution is 0.181. The van der Waals surface area contributed by atoms with Gasteiger partial charge in [-0.25, -0.2) is 9.79 Å². The molecule has 1 amide bonds. The number of aliphatic imine (C=N–C) groups is 1. The second-order valence-electron chi connectivity index (χ2n) is 7.46. The minimum atomic E-state index is -0.288. The summed E-state index contributed by atoms with van der Waals surface area (Å²) >= 11 is 0. The molecule has 2 N–H and O–H groups in total. The number of guanidine groups is 1. The lowest BCUT2D eigenvalue weighted by atomic mass is 10.1. The van der Waals surface area contributed by atoms with E-state index in [1.165, 1.54) is 0 Å². The molecule has 0 aliphatic carbocycles. The van der Waals surface area contributed by atoms with E-state index in [0.717, 1.165) is 62.1 Å². The van der Waals surface area contributed by atoms with E-state index >= 15 is 0 Å². The van der Waals surface area contributed by atoms with Gasteiger partial charge in [0.05, 0.1) is 26.0 Å². The summed E-state index contributed by atoms with van der Waals surface area (Å²) in [6.07, 6.45) is 3.27. The molecule has 1 aromatic carbocycles. The summed E-state index contributed by atoms with van der Waals surface area (Å²) in [5.74, 6) is 2.24. The smallest absolute Gasteiger partial charge is 0.414 e. The van der Waals surface area contributed by atoms with Crippen molar-refractivity contribution < 1.29 is 18.7 Å². The molecule has 0 spiro atoms. The van der Waals surface area contributed by atoms with Crippen LogP contribution in [-0.2, 0) is 22.4 Å². The number of carbonyl (C=O) groups is 1. The summed E-state index contributed by atoms with van der Waals surface area (Å²) in [6.45, 7) is 4.78. The van der Waals surface area contributed by atoms with Gasteiger partial charge in [-0.05, 0) is 36.2 Å². The van der Waals surface area contributed by atoms with Crippen LogP contribution in [0.15, 0.2) is 52.1 Å². The fraction of sp³-hybridized carbons (Fsp3) is 0.455. The largest absolute Gasteiger partial charge is 0.469 e. The van der Waals surface area contributed by atoms with Crippen LogP contribution in [-0.4, -0.2) is 51.5 Å². The molecule has 1 aromatic heterocycles. The molecule has 8 heteroatoms. The highest BCUT2D eigenvalue weighted by molar-refractivity contribution is 5.89. The summed E-state index contributed by atoms with van der Waals surface area (Å²) in [4.78, 5) is 18.1. The number of nitrogens with zero attached hydrogens (tertiary/aromatic N) is 2. The van der Waals surface area contributed by atoms with Gasteiger partial charge in [0.1, 0.15) is 12.4 Å². The first-order chi connectivity index (χ1) is 14.8. The number of hydrogen-bond acceptors (Lipinski definition) is 5. The zero-order valence-corrected chi connectivity index (χ0v) is 17.0. The van der Waals surface area contributed by atoms with Crippen molar-refractivity contribution in [3.63, 3.8) is 0 Å². The number of carbonyl (C=O) groups excluding carboxylic acids is 1. The number of rotatable bonds is 8. The van der Waals surface area contributed by atoms with E-state index in [1.807, 2.05) is 36.4 Å². The summed E-state index contributed by atoms with van der Waals surface area (Å²) < 4.78 is 15.8. The van der Waals surface area contributed by atoms with Crippen molar-refractivity contribution in [3.8, 4) is 0 Å². The molecule has 1 atom stereocenters. The Bertz CT molecular complexity index is 829. The number of amides is 1. The zero-order valence-electron chi connectivity index (χ0n) is 17.0. The fourth-order valence-corrected chi connectivity index (χ4v) is 3.50. The van der Waals surface area contributed by atoms with Crippen LogP contribution in [0.4, 0.5) is 10.5 Å². The molecule has 2 fully saturated rings. The van der Waals surface area contributed by atoms with Crippen LogP contribution in [0.5, 0.6) is 0 Å². The second kappa shape index (κ2) is 10.2. The van der Waals surface area contributed by atoms with E-state index in [9.17, 15) is 4.79 Å². The van der Waals surface area contributed by atoms with Gasteiger partial charge in [-0.2, -0.15) is 0 Å². The molecule has 1 unspecified atom stereocenters. The van der Waals surface area contributed by atoms with Crippen LogP contribution < -0.4 is 15.5 Å². The minimum absolute atomic E-state index is 0.288. The number of nitrogens with one attached hydrogen (secondary N) is 2. The molecule has 0 saturated carbocycles. The number of hydrogen-bond donors (Lipinski definition) is 2. The van der Waals surface area contributed by atoms with E-state index in [2.05, 4.69) is 10.6 Å². The molecule has 2 aliphatic rings. The highest BCUT2D eigenvalue weighted by atomic mass is 16.6. The average molecular weight is 412 g/mol. The molecule has 160 valence electrons. The van der Waals surface area contributed by atoms with E-state index in [-0.39, 0.29) is 6.09 Å². The molecule has 0 bridgehead atoms. The molecule has 30 heavy (non-hydrogen) atoms. The van der Waals surface area contributed by atoms with Crippen molar-refractivity contribution in [1.82, 2.24) is 10.6 Å². The molecular weight excluding hydrogens is 384 g/mol. The highest BCUT2D eigenvalue weighted by Crippen LogP contribution is 2.19. The second-order valence-corrected chi connectivity index (χ2v) is 7.46. The van der Waals surface area contributed by atoms with Gasteiger partial charge < -0.3 is 24.5 Å². The van der Waals surface area contributed by atoms with E-state index in [0.29, 0.717) is 25.6 Å². The molecule has 0 radical (unpaired) electrons. The van der Waals surface area contributed by atoms with E-state index in [1.54, 1.807) is 11.2 Å². The van der Waals surface area contributed by atoms with Crippen molar-refractivity contribution >= 4 is 17.7 Å². The number of ether oxygens (including phenoxy) is 2. The first kappa shape index (κ1) is 20.3. The third-order valence-corrected chi connectivity index (χ3v) is 5.25. The zero-order chi connectivity index (χ0) is 20.6. The van der Waals surface area contributed by atoms with Crippen LogP contribution in [0.25, 0.3) is 0 Å². The maximum atomic E-state index is 11.7. The summed E-state index contributed by atoms with van der Waals surface area (Å²) in [6, 6.07) is 11.7. The first-order valence-electron chi connectivity index (χ1n) is 10.4. The monoisotopic (exact) mass is 412 g/mol. The number of anilines is 1. The molecule has 4 rings (SSSR count).